The van der Waals surface area contributed by atoms with Crippen LogP contribution >= 0.6 is 12.4 Å². The highest BCUT2D eigenvalue weighted by Gasteiger charge is 2.17. The van der Waals surface area contributed by atoms with Gasteiger partial charge < -0.3 is 5.73 Å². The van der Waals surface area contributed by atoms with E-state index < -0.39 is 0 Å². The summed E-state index contributed by atoms with van der Waals surface area (Å²) in [5.74, 6) is 0. The second-order valence-corrected chi connectivity index (χ2v) is 2.70. The zero-order valence-corrected chi connectivity index (χ0v) is 7.99. The molecule has 0 aromatic carbocycles. The van der Waals surface area contributed by atoms with Crippen molar-refractivity contribution in [3.05, 3.63) is 25.3 Å². The standard InChI is InChI=1S/C9H17N.ClH/c1-4-7-9(10,6-3)8-5-2;/h4-5H,1-2,6-8,10H2,3H3;1H. The Morgan fingerprint density at radius 2 is 1.64 bits per heavy atom. The lowest BCUT2D eigenvalue weighted by Crippen LogP contribution is -2.37. The van der Waals surface area contributed by atoms with Crippen LogP contribution in [0.3, 0.4) is 0 Å². The van der Waals surface area contributed by atoms with E-state index in [-0.39, 0.29) is 17.9 Å². The minimum atomic E-state index is -0.0937. The third-order valence-electron chi connectivity index (χ3n) is 1.81. The molecule has 0 amide bonds. The Morgan fingerprint density at radius 3 is 1.82 bits per heavy atom. The molecule has 0 fully saturated rings. The number of hydrogen-bond donors (Lipinski definition) is 1. The van der Waals surface area contributed by atoms with E-state index >= 15 is 0 Å². The molecule has 0 unspecified atom stereocenters. The maximum absolute atomic E-state index is 5.98. The fourth-order valence-electron chi connectivity index (χ4n) is 0.947. The number of rotatable bonds is 5. The first-order valence-corrected chi connectivity index (χ1v) is 3.69. The SMILES string of the molecule is C=CCC(N)(CC)CC=C.Cl. The van der Waals surface area contributed by atoms with Crippen molar-refractivity contribution >= 4 is 12.4 Å². The quantitative estimate of drug-likeness (QED) is 0.639. The fourth-order valence-corrected chi connectivity index (χ4v) is 0.947. The molecule has 0 saturated heterocycles. The number of nitrogens with two attached hydrogens (primary N) is 1. The zero-order valence-electron chi connectivity index (χ0n) is 7.18. The molecule has 0 bridgehead atoms. The van der Waals surface area contributed by atoms with Crippen molar-refractivity contribution in [2.24, 2.45) is 5.73 Å². The summed E-state index contributed by atoms with van der Waals surface area (Å²) in [6.07, 6.45) is 6.45. The van der Waals surface area contributed by atoms with Gasteiger partial charge in [0.25, 0.3) is 0 Å². The zero-order chi connectivity index (χ0) is 8.04. The second kappa shape index (κ2) is 6.44. The normalized spacial score (nSPS) is 10.0. The first-order valence-electron chi connectivity index (χ1n) is 3.69. The van der Waals surface area contributed by atoms with E-state index in [1.807, 2.05) is 12.2 Å². The van der Waals surface area contributed by atoms with E-state index in [9.17, 15) is 0 Å². The van der Waals surface area contributed by atoms with Crippen molar-refractivity contribution in [3.8, 4) is 0 Å². The first kappa shape index (κ1) is 13.3. The predicted molar refractivity (Wildman–Crippen MR) is 54.1 cm³/mol. The minimum absolute atomic E-state index is 0. The van der Waals surface area contributed by atoms with Crippen molar-refractivity contribution in [3.63, 3.8) is 0 Å². The van der Waals surface area contributed by atoms with Gasteiger partial charge in [0, 0.05) is 5.54 Å². The summed E-state index contributed by atoms with van der Waals surface area (Å²) in [5, 5.41) is 0. The molecule has 0 spiro atoms. The van der Waals surface area contributed by atoms with Gasteiger partial charge in [0.1, 0.15) is 0 Å². The predicted octanol–water partition coefficient (Wildman–Crippen LogP) is 2.67. The van der Waals surface area contributed by atoms with Crippen LogP contribution in [0.15, 0.2) is 25.3 Å². The molecular formula is C9H18ClN. The third kappa shape index (κ3) is 5.05. The largest absolute Gasteiger partial charge is 0.325 e. The molecule has 1 nitrogen and oxygen atoms in total. The second-order valence-electron chi connectivity index (χ2n) is 2.70. The van der Waals surface area contributed by atoms with Crippen LogP contribution in [0.25, 0.3) is 0 Å². The third-order valence-corrected chi connectivity index (χ3v) is 1.81. The summed E-state index contributed by atoms with van der Waals surface area (Å²) >= 11 is 0. The van der Waals surface area contributed by atoms with Crippen LogP contribution < -0.4 is 5.73 Å². The van der Waals surface area contributed by atoms with Crippen LogP contribution in [0, 0.1) is 0 Å². The van der Waals surface area contributed by atoms with Crippen molar-refractivity contribution in [1.29, 1.82) is 0 Å². The van der Waals surface area contributed by atoms with E-state index in [0.717, 1.165) is 19.3 Å². The monoisotopic (exact) mass is 175 g/mol. The highest BCUT2D eigenvalue weighted by atomic mass is 35.5. The van der Waals surface area contributed by atoms with E-state index in [1.54, 1.807) is 0 Å². The van der Waals surface area contributed by atoms with Gasteiger partial charge in [0.2, 0.25) is 0 Å². The Hall–Kier alpha value is -0.270. The Bertz CT molecular complexity index is 111. The van der Waals surface area contributed by atoms with Gasteiger partial charge in [-0.3, -0.25) is 0 Å². The Kier molecular flexibility index (Phi) is 7.80. The van der Waals surface area contributed by atoms with Crippen LogP contribution in [0.4, 0.5) is 0 Å². The Balaban J connectivity index is 0. The van der Waals surface area contributed by atoms with Crippen molar-refractivity contribution in [2.45, 2.75) is 31.7 Å². The lowest BCUT2D eigenvalue weighted by Gasteiger charge is -2.24. The van der Waals surface area contributed by atoms with Gasteiger partial charge in [0.15, 0.2) is 0 Å². The molecule has 0 saturated carbocycles. The molecule has 0 aromatic rings. The highest BCUT2D eigenvalue weighted by Crippen LogP contribution is 2.16. The van der Waals surface area contributed by atoms with Gasteiger partial charge in [0.05, 0.1) is 0 Å². The van der Waals surface area contributed by atoms with E-state index in [1.165, 1.54) is 0 Å². The lowest BCUT2D eigenvalue weighted by atomic mass is 9.90. The summed E-state index contributed by atoms with van der Waals surface area (Å²) in [7, 11) is 0. The van der Waals surface area contributed by atoms with Crippen molar-refractivity contribution < 1.29 is 0 Å². The van der Waals surface area contributed by atoms with Gasteiger partial charge in [-0.2, -0.15) is 0 Å². The Labute approximate surface area is 75.8 Å². The molecule has 0 radical (unpaired) electrons. The molecule has 66 valence electrons. The molecule has 2 heteroatoms. The molecule has 2 N–H and O–H groups in total. The molecule has 0 rings (SSSR count). The minimum Gasteiger partial charge on any atom is -0.325 e. The van der Waals surface area contributed by atoms with Crippen LogP contribution in [0.1, 0.15) is 26.2 Å². The summed E-state index contributed by atoms with van der Waals surface area (Å²) in [4.78, 5) is 0. The summed E-state index contributed by atoms with van der Waals surface area (Å²) < 4.78 is 0. The molecular weight excluding hydrogens is 158 g/mol. The van der Waals surface area contributed by atoms with E-state index in [0.29, 0.717) is 0 Å². The molecule has 0 atom stereocenters. The lowest BCUT2D eigenvalue weighted by molar-refractivity contribution is 0.420. The van der Waals surface area contributed by atoms with Crippen LogP contribution in [-0.4, -0.2) is 5.54 Å². The van der Waals surface area contributed by atoms with Gasteiger partial charge >= 0.3 is 0 Å². The Morgan fingerprint density at radius 1 is 1.27 bits per heavy atom. The van der Waals surface area contributed by atoms with Crippen LogP contribution in [0.2, 0.25) is 0 Å². The van der Waals surface area contributed by atoms with Gasteiger partial charge in [-0.05, 0) is 19.3 Å². The molecule has 0 aliphatic heterocycles. The summed E-state index contributed by atoms with van der Waals surface area (Å²) in [6, 6.07) is 0. The molecule has 0 aliphatic carbocycles. The maximum Gasteiger partial charge on any atom is 0.0221 e. The first-order chi connectivity index (χ1) is 4.68. The average molecular weight is 176 g/mol. The highest BCUT2D eigenvalue weighted by molar-refractivity contribution is 5.85. The maximum atomic E-state index is 5.98. The van der Waals surface area contributed by atoms with Gasteiger partial charge in [-0.15, -0.1) is 25.6 Å². The number of hydrogen-bond acceptors (Lipinski definition) is 1. The van der Waals surface area contributed by atoms with E-state index in [2.05, 4.69) is 20.1 Å². The fraction of sp³-hybridized carbons (Fsp3) is 0.556. The number of halogens is 1. The molecule has 0 aromatic heterocycles. The summed E-state index contributed by atoms with van der Waals surface area (Å²) in [6.45, 7) is 9.41. The van der Waals surface area contributed by atoms with E-state index in [4.69, 9.17) is 5.73 Å². The van der Waals surface area contributed by atoms with Crippen molar-refractivity contribution in [1.82, 2.24) is 0 Å². The topological polar surface area (TPSA) is 26.0 Å². The smallest absolute Gasteiger partial charge is 0.0221 e. The van der Waals surface area contributed by atoms with Crippen LogP contribution in [0.5, 0.6) is 0 Å². The van der Waals surface area contributed by atoms with Crippen LogP contribution in [-0.2, 0) is 0 Å². The molecule has 11 heavy (non-hydrogen) atoms. The van der Waals surface area contributed by atoms with Gasteiger partial charge in [-0.1, -0.05) is 19.1 Å². The average Bonchev–Trinajstić information content (AvgIpc) is 1.89. The summed E-state index contributed by atoms with van der Waals surface area (Å²) in [5.41, 5.74) is 5.88. The molecule has 0 aliphatic rings. The van der Waals surface area contributed by atoms with Gasteiger partial charge in [-0.25, -0.2) is 0 Å². The molecule has 0 heterocycles. The van der Waals surface area contributed by atoms with Crippen molar-refractivity contribution in [2.75, 3.05) is 0 Å².